The molecular formula is C7H12N. The molecule has 0 N–H and O–H groups in total. The van der Waals surface area contributed by atoms with Gasteiger partial charge in [0.25, 0.3) is 0 Å². The van der Waals surface area contributed by atoms with Crippen molar-refractivity contribution in [2.45, 2.75) is 32.6 Å². The number of hydrogen-bond donors (Lipinski definition) is 0. The van der Waals surface area contributed by atoms with Crippen LogP contribution in [-0.2, 0) is 0 Å². The van der Waals surface area contributed by atoms with Crippen LogP contribution < -0.4 is 0 Å². The molecule has 0 aromatic carbocycles. The fourth-order valence-corrected chi connectivity index (χ4v) is 0.530. The maximum atomic E-state index is 8.10. The van der Waals surface area contributed by atoms with Gasteiger partial charge in [-0.3, -0.25) is 0 Å². The third-order valence-electron chi connectivity index (χ3n) is 0.986. The molecule has 0 bridgehead atoms. The normalized spacial score (nSPS) is 8.50. The molecule has 0 heterocycles. The van der Waals surface area contributed by atoms with E-state index >= 15 is 0 Å². The first-order chi connectivity index (χ1) is 3.91. The Morgan fingerprint density at radius 2 is 2.38 bits per heavy atom. The van der Waals surface area contributed by atoms with Crippen LogP contribution in [0.15, 0.2) is 0 Å². The molecule has 0 saturated heterocycles. The van der Waals surface area contributed by atoms with E-state index in [1.807, 2.05) is 0 Å². The van der Waals surface area contributed by atoms with Gasteiger partial charge < -0.3 is 0 Å². The lowest BCUT2D eigenvalue weighted by atomic mass is 10.2. The minimum atomic E-state index is 0.705. The predicted molar refractivity (Wildman–Crippen MR) is 34.1 cm³/mol. The predicted octanol–water partition coefficient (Wildman–Crippen LogP) is 2.29. The summed E-state index contributed by atoms with van der Waals surface area (Å²) in [7, 11) is 0. The van der Waals surface area contributed by atoms with Crippen molar-refractivity contribution in [2.75, 3.05) is 0 Å². The lowest BCUT2D eigenvalue weighted by molar-refractivity contribution is 0.803. The van der Waals surface area contributed by atoms with Crippen LogP contribution in [0.1, 0.15) is 32.6 Å². The van der Waals surface area contributed by atoms with Gasteiger partial charge in [-0.15, -0.1) is 0 Å². The highest BCUT2D eigenvalue weighted by atomic mass is 14.2. The maximum Gasteiger partial charge on any atom is 0.0621 e. The summed E-state index contributed by atoms with van der Waals surface area (Å²) >= 11 is 0. The molecule has 0 saturated carbocycles. The van der Waals surface area contributed by atoms with E-state index in [9.17, 15) is 0 Å². The summed E-state index contributed by atoms with van der Waals surface area (Å²) in [6.07, 6.45) is 6.17. The van der Waals surface area contributed by atoms with Crippen molar-refractivity contribution in [3.05, 3.63) is 6.42 Å². The summed E-state index contributed by atoms with van der Waals surface area (Å²) in [6.45, 7) is 2.12. The van der Waals surface area contributed by atoms with Gasteiger partial charge in [0.05, 0.1) is 6.07 Å². The van der Waals surface area contributed by atoms with Gasteiger partial charge in [-0.05, 0) is 19.3 Å². The van der Waals surface area contributed by atoms with Crippen LogP contribution in [0.3, 0.4) is 0 Å². The molecular weight excluding hydrogens is 98.1 g/mol. The molecule has 0 aromatic heterocycles. The van der Waals surface area contributed by atoms with Crippen molar-refractivity contribution in [1.82, 2.24) is 0 Å². The van der Waals surface area contributed by atoms with E-state index in [1.165, 1.54) is 0 Å². The molecule has 0 fully saturated rings. The number of nitriles is 1. The average molecular weight is 110 g/mol. The third kappa shape index (κ3) is 5.49. The summed E-state index contributed by atoms with van der Waals surface area (Å²) in [5, 5.41) is 8.10. The fourth-order valence-electron chi connectivity index (χ4n) is 0.530. The van der Waals surface area contributed by atoms with Crippen LogP contribution in [0.25, 0.3) is 0 Å². The SMILES string of the molecule is CC[CH]CCCC#N. The average Bonchev–Trinajstić information content (AvgIpc) is 1.81. The highest BCUT2D eigenvalue weighted by Gasteiger charge is 1.83. The van der Waals surface area contributed by atoms with Gasteiger partial charge in [0, 0.05) is 6.42 Å². The van der Waals surface area contributed by atoms with E-state index in [0.717, 1.165) is 19.3 Å². The Morgan fingerprint density at radius 3 is 2.88 bits per heavy atom. The largest absolute Gasteiger partial charge is 0.198 e. The van der Waals surface area contributed by atoms with E-state index in [-0.39, 0.29) is 0 Å². The van der Waals surface area contributed by atoms with E-state index in [2.05, 4.69) is 19.4 Å². The van der Waals surface area contributed by atoms with E-state index < -0.39 is 0 Å². The number of nitrogens with zero attached hydrogens (tertiary/aromatic N) is 1. The number of rotatable bonds is 4. The van der Waals surface area contributed by atoms with Crippen molar-refractivity contribution in [3.8, 4) is 6.07 Å². The van der Waals surface area contributed by atoms with Crippen molar-refractivity contribution in [3.63, 3.8) is 0 Å². The van der Waals surface area contributed by atoms with E-state index in [1.54, 1.807) is 0 Å². The first-order valence-corrected chi connectivity index (χ1v) is 3.10. The minimum absolute atomic E-state index is 0.705. The Bertz CT molecular complexity index is 70.9. The van der Waals surface area contributed by atoms with Crippen LogP contribution in [-0.4, -0.2) is 0 Å². The molecule has 0 aliphatic rings. The molecule has 0 unspecified atom stereocenters. The van der Waals surface area contributed by atoms with Gasteiger partial charge in [0.15, 0.2) is 0 Å². The highest BCUT2D eigenvalue weighted by molar-refractivity contribution is 4.71. The fraction of sp³-hybridized carbons (Fsp3) is 0.714. The van der Waals surface area contributed by atoms with Gasteiger partial charge in [-0.25, -0.2) is 0 Å². The molecule has 0 aromatic rings. The third-order valence-corrected chi connectivity index (χ3v) is 0.986. The Morgan fingerprint density at radius 1 is 1.62 bits per heavy atom. The standard InChI is InChI=1S/C7H12N/c1-2-3-4-5-6-7-8/h3H,2,4-6H2,1H3. The molecule has 1 heteroatoms. The summed E-state index contributed by atoms with van der Waals surface area (Å²) in [5.41, 5.74) is 0. The molecule has 0 aliphatic carbocycles. The smallest absolute Gasteiger partial charge is 0.0621 e. The zero-order chi connectivity index (χ0) is 6.24. The van der Waals surface area contributed by atoms with E-state index in [0.29, 0.717) is 6.42 Å². The molecule has 1 radical (unpaired) electrons. The monoisotopic (exact) mass is 110 g/mol. The summed E-state index contributed by atoms with van der Waals surface area (Å²) in [4.78, 5) is 0. The second-order valence-electron chi connectivity index (χ2n) is 1.75. The Hall–Kier alpha value is -0.510. The first kappa shape index (κ1) is 7.49. The molecule has 0 rings (SSSR count). The van der Waals surface area contributed by atoms with Crippen LogP contribution in [0.4, 0.5) is 0 Å². The molecule has 0 spiro atoms. The van der Waals surface area contributed by atoms with Gasteiger partial charge in [-0.2, -0.15) is 5.26 Å². The number of hydrogen-bond acceptors (Lipinski definition) is 1. The topological polar surface area (TPSA) is 23.8 Å². The summed E-state index contributed by atoms with van der Waals surface area (Å²) in [6, 6.07) is 2.11. The van der Waals surface area contributed by atoms with Gasteiger partial charge in [0.1, 0.15) is 0 Å². The maximum absolute atomic E-state index is 8.10. The van der Waals surface area contributed by atoms with Crippen molar-refractivity contribution < 1.29 is 0 Å². The highest BCUT2D eigenvalue weighted by Crippen LogP contribution is 1.98. The minimum Gasteiger partial charge on any atom is -0.198 e. The van der Waals surface area contributed by atoms with E-state index in [4.69, 9.17) is 5.26 Å². The number of unbranched alkanes of at least 4 members (excludes halogenated alkanes) is 4. The second-order valence-corrected chi connectivity index (χ2v) is 1.75. The zero-order valence-electron chi connectivity index (χ0n) is 5.35. The molecule has 0 aliphatic heterocycles. The summed E-state index contributed by atoms with van der Waals surface area (Å²) < 4.78 is 0. The van der Waals surface area contributed by atoms with Crippen LogP contribution in [0.2, 0.25) is 0 Å². The van der Waals surface area contributed by atoms with Gasteiger partial charge >= 0.3 is 0 Å². The van der Waals surface area contributed by atoms with Crippen LogP contribution in [0.5, 0.6) is 0 Å². The molecule has 45 valence electrons. The quantitative estimate of drug-likeness (QED) is 0.509. The lowest BCUT2D eigenvalue weighted by Crippen LogP contribution is -1.73. The summed E-state index contributed by atoms with van der Waals surface area (Å²) in [5.74, 6) is 0. The molecule has 1 nitrogen and oxygen atoms in total. The van der Waals surface area contributed by atoms with Crippen molar-refractivity contribution >= 4 is 0 Å². The Kier molecular flexibility index (Phi) is 6.08. The second kappa shape index (κ2) is 6.49. The zero-order valence-corrected chi connectivity index (χ0v) is 5.35. The lowest BCUT2D eigenvalue weighted by Gasteiger charge is -1.89. The van der Waals surface area contributed by atoms with Gasteiger partial charge in [0.2, 0.25) is 0 Å². The molecule has 8 heavy (non-hydrogen) atoms. The van der Waals surface area contributed by atoms with Crippen LogP contribution >= 0.6 is 0 Å². The van der Waals surface area contributed by atoms with Crippen LogP contribution in [0, 0.1) is 17.8 Å². The van der Waals surface area contributed by atoms with Gasteiger partial charge in [-0.1, -0.05) is 13.3 Å². The Labute approximate surface area is 51.3 Å². The Balaban J connectivity index is 2.65. The van der Waals surface area contributed by atoms with Crippen molar-refractivity contribution in [1.29, 1.82) is 5.26 Å². The first-order valence-electron chi connectivity index (χ1n) is 3.10. The molecule has 0 amide bonds. The van der Waals surface area contributed by atoms with Crippen molar-refractivity contribution in [2.24, 2.45) is 0 Å². The molecule has 0 atom stereocenters.